The van der Waals surface area contributed by atoms with Gasteiger partial charge in [-0.15, -0.1) is 12.4 Å². The molecule has 1 aromatic heterocycles. The zero-order valence-electron chi connectivity index (χ0n) is 12.6. The van der Waals surface area contributed by atoms with Crippen molar-refractivity contribution >= 4 is 12.4 Å². The summed E-state index contributed by atoms with van der Waals surface area (Å²) in [6, 6.07) is 4.83. The number of rotatable bonds is 3. The Hall–Kier alpha value is -0.640. The van der Waals surface area contributed by atoms with Crippen LogP contribution in [0, 0.1) is 17.8 Å². The second-order valence-corrected chi connectivity index (χ2v) is 6.94. The molecule has 4 atom stereocenters. The molecule has 2 saturated carbocycles. The Bertz CT molecular complexity index is 453. The molecule has 21 heavy (non-hydrogen) atoms. The maximum Gasteiger partial charge on any atom is 0.0488 e. The Balaban J connectivity index is 0.00000132. The maximum atomic E-state index is 4.31. The Labute approximate surface area is 133 Å². The minimum Gasteiger partial charge on any atom is -0.314 e. The first-order chi connectivity index (χ1) is 9.90. The molecule has 116 valence electrons. The molecule has 0 radical (unpaired) electrons. The molecular weight excluding hydrogens is 282 g/mol. The normalized spacial score (nSPS) is 35.6. The van der Waals surface area contributed by atoms with Crippen molar-refractivity contribution in [3.8, 4) is 0 Å². The summed E-state index contributed by atoms with van der Waals surface area (Å²) in [7, 11) is 0. The Kier molecular flexibility index (Phi) is 4.82. The van der Waals surface area contributed by atoms with E-state index in [1.165, 1.54) is 44.3 Å². The number of halogens is 1. The van der Waals surface area contributed by atoms with Crippen LogP contribution in [0.15, 0.2) is 24.5 Å². The number of piperazine rings is 1. The first-order valence-corrected chi connectivity index (χ1v) is 8.25. The molecule has 0 spiro atoms. The predicted molar refractivity (Wildman–Crippen MR) is 87.6 cm³/mol. The van der Waals surface area contributed by atoms with Crippen LogP contribution in [0.25, 0.3) is 0 Å². The fourth-order valence-corrected chi connectivity index (χ4v) is 4.77. The van der Waals surface area contributed by atoms with E-state index >= 15 is 0 Å². The van der Waals surface area contributed by atoms with Gasteiger partial charge in [-0.25, -0.2) is 0 Å². The maximum absolute atomic E-state index is 4.31. The monoisotopic (exact) mass is 307 g/mol. The van der Waals surface area contributed by atoms with Gasteiger partial charge in [-0.2, -0.15) is 0 Å². The predicted octanol–water partition coefficient (Wildman–Crippen LogP) is 2.89. The van der Waals surface area contributed by atoms with Crippen LogP contribution in [-0.2, 0) is 0 Å². The van der Waals surface area contributed by atoms with E-state index in [0.29, 0.717) is 6.04 Å². The second-order valence-electron chi connectivity index (χ2n) is 6.94. The number of pyridine rings is 1. The third kappa shape index (κ3) is 3.10. The van der Waals surface area contributed by atoms with Crippen LogP contribution in [0.4, 0.5) is 0 Å². The molecule has 3 fully saturated rings. The summed E-state index contributed by atoms with van der Waals surface area (Å²) in [5.74, 6) is 3.06. The standard InChI is InChI=1S/C17H25N3.ClH/c1-2-15(10-18-5-1)17-11-19-6-7-20(17)12-16-9-13-3-4-14(16)8-13;/h1-2,5,10,13-14,16-17,19H,3-4,6-9,11-12H2;1H. The summed E-state index contributed by atoms with van der Waals surface area (Å²) in [5.41, 5.74) is 1.38. The summed E-state index contributed by atoms with van der Waals surface area (Å²) in [6.45, 7) is 4.71. The summed E-state index contributed by atoms with van der Waals surface area (Å²) >= 11 is 0. The van der Waals surface area contributed by atoms with Crippen molar-refractivity contribution in [1.82, 2.24) is 15.2 Å². The van der Waals surface area contributed by atoms with Crippen molar-refractivity contribution in [3.05, 3.63) is 30.1 Å². The summed E-state index contributed by atoms with van der Waals surface area (Å²) in [4.78, 5) is 7.03. The number of hydrogen-bond acceptors (Lipinski definition) is 3. The van der Waals surface area contributed by atoms with Crippen molar-refractivity contribution in [3.63, 3.8) is 0 Å². The van der Waals surface area contributed by atoms with Crippen LogP contribution in [0.2, 0.25) is 0 Å². The third-order valence-corrected chi connectivity index (χ3v) is 5.78. The van der Waals surface area contributed by atoms with Crippen LogP contribution in [-0.4, -0.2) is 36.1 Å². The number of nitrogens with zero attached hydrogens (tertiary/aromatic N) is 2. The van der Waals surface area contributed by atoms with E-state index < -0.39 is 0 Å². The number of aromatic nitrogens is 1. The Morgan fingerprint density at radius 1 is 1.29 bits per heavy atom. The first kappa shape index (κ1) is 15.3. The average molecular weight is 308 g/mol. The van der Waals surface area contributed by atoms with E-state index in [9.17, 15) is 0 Å². The van der Waals surface area contributed by atoms with Crippen molar-refractivity contribution < 1.29 is 0 Å². The van der Waals surface area contributed by atoms with Crippen LogP contribution in [0.3, 0.4) is 0 Å². The van der Waals surface area contributed by atoms with Gasteiger partial charge < -0.3 is 5.32 Å². The quantitative estimate of drug-likeness (QED) is 0.930. The fourth-order valence-electron chi connectivity index (χ4n) is 4.77. The van der Waals surface area contributed by atoms with Gasteiger partial charge in [0.15, 0.2) is 0 Å². The molecule has 0 aromatic carbocycles. The van der Waals surface area contributed by atoms with Crippen molar-refractivity contribution in [2.24, 2.45) is 17.8 Å². The molecule has 0 amide bonds. The molecule has 1 saturated heterocycles. The highest BCUT2D eigenvalue weighted by atomic mass is 35.5. The molecule has 4 rings (SSSR count). The fraction of sp³-hybridized carbons (Fsp3) is 0.706. The minimum atomic E-state index is 0. The Morgan fingerprint density at radius 2 is 2.24 bits per heavy atom. The largest absolute Gasteiger partial charge is 0.314 e. The molecule has 1 aromatic rings. The van der Waals surface area contributed by atoms with Gasteiger partial charge >= 0.3 is 0 Å². The van der Waals surface area contributed by atoms with Crippen molar-refractivity contribution in [1.29, 1.82) is 0 Å². The molecule has 2 bridgehead atoms. The van der Waals surface area contributed by atoms with Gasteiger partial charge in [0.05, 0.1) is 0 Å². The molecule has 2 aliphatic carbocycles. The highest BCUT2D eigenvalue weighted by Gasteiger charge is 2.40. The zero-order valence-corrected chi connectivity index (χ0v) is 13.4. The van der Waals surface area contributed by atoms with Crippen LogP contribution < -0.4 is 5.32 Å². The van der Waals surface area contributed by atoms with E-state index in [1.54, 1.807) is 0 Å². The lowest BCUT2D eigenvalue weighted by Gasteiger charge is -2.39. The van der Waals surface area contributed by atoms with Gasteiger partial charge in [-0.3, -0.25) is 9.88 Å². The lowest BCUT2D eigenvalue weighted by Crippen LogP contribution is -2.48. The highest BCUT2D eigenvalue weighted by Crippen LogP contribution is 2.48. The SMILES string of the molecule is Cl.c1cncc(C2CNCCN2CC2CC3CCC2C3)c1. The van der Waals surface area contributed by atoms with Gasteiger partial charge in [0, 0.05) is 44.6 Å². The van der Waals surface area contributed by atoms with E-state index in [2.05, 4.69) is 27.3 Å². The van der Waals surface area contributed by atoms with Gasteiger partial charge in [0.25, 0.3) is 0 Å². The molecular formula is C17H26ClN3. The van der Waals surface area contributed by atoms with Gasteiger partial charge in [-0.05, 0) is 48.6 Å². The third-order valence-electron chi connectivity index (χ3n) is 5.78. The first-order valence-electron chi connectivity index (χ1n) is 8.25. The average Bonchev–Trinajstić information content (AvgIpc) is 3.11. The molecule has 4 unspecified atom stereocenters. The summed E-state index contributed by atoms with van der Waals surface area (Å²) in [5, 5.41) is 3.55. The molecule has 1 aliphatic heterocycles. The topological polar surface area (TPSA) is 28.2 Å². The van der Waals surface area contributed by atoms with E-state index in [1.807, 2.05) is 12.4 Å². The van der Waals surface area contributed by atoms with E-state index in [4.69, 9.17) is 0 Å². The molecule has 1 N–H and O–H groups in total. The molecule has 3 nitrogen and oxygen atoms in total. The molecule has 2 heterocycles. The highest BCUT2D eigenvalue weighted by molar-refractivity contribution is 5.85. The van der Waals surface area contributed by atoms with Gasteiger partial charge in [0.1, 0.15) is 0 Å². The van der Waals surface area contributed by atoms with Gasteiger partial charge in [0.2, 0.25) is 0 Å². The smallest absolute Gasteiger partial charge is 0.0488 e. The lowest BCUT2D eigenvalue weighted by molar-refractivity contribution is 0.117. The molecule has 3 aliphatic rings. The number of hydrogen-bond donors (Lipinski definition) is 1. The Morgan fingerprint density at radius 3 is 2.95 bits per heavy atom. The lowest BCUT2D eigenvalue weighted by atomic mass is 9.87. The number of fused-ring (bicyclic) bond motifs is 2. The van der Waals surface area contributed by atoms with Crippen molar-refractivity contribution in [2.75, 3.05) is 26.2 Å². The second kappa shape index (κ2) is 6.64. The van der Waals surface area contributed by atoms with Crippen molar-refractivity contribution in [2.45, 2.75) is 31.7 Å². The van der Waals surface area contributed by atoms with Gasteiger partial charge in [-0.1, -0.05) is 12.5 Å². The van der Waals surface area contributed by atoms with Crippen LogP contribution in [0.5, 0.6) is 0 Å². The van der Waals surface area contributed by atoms with E-state index in [0.717, 1.165) is 30.8 Å². The number of nitrogens with one attached hydrogen (secondary N) is 1. The van der Waals surface area contributed by atoms with Crippen LogP contribution >= 0.6 is 12.4 Å². The molecule has 4 heteroatoms. The van der Waals surface area contributed by atoms with E-state index in [-0.39, 0.29) is 12.4 Å². The minimum absolute atomic E-state index is 0. The summed E-state index contributed by atoms with van der Waals surface area (Å²) in [6.07, 6.45) is 9.95. The summed E-state index contributed by atoms with van der Waals surface area (Å²) < 4.78 is 0. The van der Waals surface area contributed by atoms with Crippen LogP contribution in [0.1, 0.15) is 37.3 Å². The zero-order chi connectivity index (χ0) is 13.4.